The normalized spacial score (nSPS) is 11.4. The molecule has 0 amide bonds. The van der Waals surface area contributed by atoms with Crippen LogP contribution in [0.1, 0.15) is 43.0 Å². The van der Waals surface area contributed by atoms with Gasteiger partial charge in [0.15, 0.2) is 0 Å². The van der Waals surface area contributed by atoms with Crippen molar-refractivity contribution in [3.63, 3.8) is 0 Å². The molecule has 0 heterocycles. The van der Waals surface area contributed by atoms with Crippen molar-refractivity contribution in [1.82, 2.24) is 0 Å². The molecule has 0 aliphatic heterocycles. The first kappa shape index (κ1) is 15.5. The number of rotatable bonds is 4. The van der Waals surface area contributed by atoms with Crippen LogP contribution in [0.3, 0.4) is 0 Å². The zero-order valence-electron chi connectivity index (χ0n) is 13.4. The molecule has 0 aromatic heterocycles. The number of benzene rings is 2. The molecule has 0 bridgehead atoms. The highest BCUT2D eigenvalue weighted by atomic mass is 16.1. The van der Waals surface area contributed by atoms with Gasteiger partial charge in [0.2, 0.25) is 0 Å². The van der Waals surface area contributed by atoms with Crippen LogP contribution in [0.4, 0.5) is 0 Å². The Morgan fingerprint density at radius 3 is 2.05 bits per heavy atom. The van der Waals surface area contributed by atoms with Crippen LogP contribution < -0.4 is 0 Å². The molecule has 0 atom stereocenters. The van der Waals surface area contributed by atoms with Crippen LogP contribution in [0, 0.1) is 6.92 Å². The van der Waals surface area contributed by atoms with Gasteiger partial charge in [-0.1, -0.05) is 74.9 Å². The lowest BCUT2D eigenvalue weighted by Crippen LogP contribution is -2.12. The summed E-state index contributed by atoms with van der Waals surface area (Å²) >= 11 is 0. The minimum Gasteiger partial charge on any atom is -0.299 e. The highest BCUT2D eigenvalue weighted by molar-refractivity contribution is 5.83. The maximum Gasteiger partial charge on any atom is 0.141 e. The molecular formula is C20H24O. The summed E-state index contributed by atoms with van der Waals surface area (Å²) < 4.78 is 0. The quantitative estimate of drug-likeness (QED) is 0.797. The van der Waals surface area contributed by atoms with Crippen molar-refractivity contribution in [2.24, 2.45) is 0 Å². The number of carbonyl (C=O) groups excluding carboxylic acids is 1. The summed E-state index contributed by atoms with van der Waals surface area (Å²) in [7, 11) is 0. The highest BCUT2D eigenvalue weighted by Crippen LogP contribution is 2.23. The van der Waals surface area contributed by atoms with Gasteiger partial charge in [0.25, 0.3) is 0 Å². The average molecular weight is 280 g/mol. The standard InChI is InChI=1S/C20H24O/c1-15-7-5-8-16(11-15)13-19(21)14-17-9-6-10-18(12-17)20(2,3)4/h5-12H,13-14H2,1-4H3. The molecule has 0 fully saturated rings. The molecule has 0 saturated heterocycles. The van der Waals surface area contributed by atoms with E-state index in [0.29, 0.717) is 12.8 Å². The van der Waals surface area contributed by atoms with E-state index in [1.807, 2.05) is 18.2 Å². The molecule has 0 saturated carbocycles. The first-order valence-corrected chi connectivity index (χ1v) is 7.51. The molecule has 2 aromatic rings. The molecule has 21 heavy (non-hydrogen) atoms. The van der Waals surface area contributed by atoms with Gasteiger partial charge in [0.1, 0.15) is 5.78 Å². The summed E-state index contributed by atoms with van der Waals surface area (Å²) in [5, 5.41) is 0. The van der Waals surface area contributed by atoms with Crippen molar-refractivity contribution in [3.05, 3.63) is 70.8 Å². The zero-order valence-corrected chi connectivity index (χ0v) is 13.4. The number of aryl methyl sites for hydroxylation is 1. The van der Waals surface area contributed by atoms with Crippen LogP contribution in [0.5, 0.6) is 0 Å². The summed E-state index contributed by atoms with van der Waals surface area (Å²) in [4.78, 5) is 12.3. The predicted octanol–water partition coefficient (Wildman–Crippen LogP) is 4.65. The lowest BCUT2D eigenvalue weighted by molar-refractivity contribution is -0.117. The molecule has 0 unspecified atom stereocenters. The summed E-state index contributed by atoms with van der Waals surface area (Å²) in [6.07, 6.45) is 1.03. The van der Waals surface area contributed by atoms with Crippen LogP contribution in [0.2, 0.25) is 0 Å². The maximum absolute atomic E-state index is 12.3. The average Bonchev–Trinajstić information content (AvgIpc) is 2.37. The molecule has 2 rings (SSSR count). The fourth-order valence-corrected chi connectivity index (χ4v) is 2.49. The topological polar surface area (TPSA) is 17.1 Å². The molecule has 0 radical (unpaired) electrons. The van der Waals surface area contributed by atoms with Crippen LogP contribution in [0.15, 0.2) is 48.5 Å². The molecule has 0 N–H and O–H groups in total. The number of ketones is 1. The molecule has 0 aliphatic carbocycles. The van der Waals surface area contributed by atoms with Crippen LogP contribution in [-0.4, -0.2) is 5.78 Å². The Balaban J connectivity index is 2.06. The maximum atomic E-state index is 12.3. The van der Waals surface area contributed by atoms with Gasteiger partial charge in [-0.2, -0.15) is 0 Å². The van der Waals surface area contributed by atoms with Gasteiger partial charge in [0.05, 0.1) is 0 Å². The van der Waals surface area contributed by atoms with Crippen molar-refractivity contribution >= 4 is 5.78 Å². The highest BCUT2D eigenvalue weighted by Gasteiger charge is 2.14. The number of carbonyl (C=O) groups is 1. The molecule has 0 aliphatic rings. The smallest absolute Gasteiger partial charge is 0.141 e. The van der Waals surface area contributed by atoms with Gasteiger partial charge >= 0.3 is 0 Å². The van der Waals surface area contributed by atoms with Gasteiger partial charge in [0, 0.05) is 12.8 Å². The van der Waals surface area contributed by atoms with Crippen molar-refractivity contribution in [2.45, 2.75) is 46.0 Å². The Bertz CT molecular complexity index is 632. The molecule has 1 heteroatoms. The Kier molecular flexibility index (Phi) is 4.62. The Hall–Kier alpha value is -1.89. The third-order valence-corrected chi connectivity index (χ3v) is 3.68. The fourth-order valence-electron chi connectivity index (χ4n) is 2.49. The second-order valence-electron chi connectivity index (χ2n) is 6.83. The SMILES string of the molecule is Cc1cccc(CC(=O)Cc2cccc(C(C)(C)C)c2)c1. The Morgan fingerprint density at radius 2 is 1.48 bits per heavy atom. The Morgan fingerprint density at radius 1 is 0.905 bits per heavy atom. The summed E-state index contributed by atoms with van der Waals surface area (Å²) in [5.41, 5.74) is 4.82. The van der Waals surface area contributed by atoms with Crippen molar-refractivity contribution in [1.29, 1.82) is 0 Å². The molecule has 2 aromatic carbocycles. The number of Topliss-reactive ketones (excluding diaryl/α,β-unsaturated/α-hetero) is 1. The zero-order chi connectivity index (χ0) is 15.5. The van der Waals surface area contributed by atoms with Crippen molar-refractivity contribution in [3.8, 4) is 0 Å². The molecule has 1 nitrogen and oxygen atoms in total. The van der Waals surface area contributed by atoms with Crippen LogP contribution >= 0.6 is 0 Å². The van der Waals surface area contributed by atoms with Crippen molar-refractivity contribution < 1.29 is 4.79 Å². The first-order valence-electron chi connectivity index (χ1n) is 7.51. The van der Waals surface area contributed by atoms with Crippen molar-refractivity contribution in [2.75, 3.05) is 0 Å². The minimum absolute atomic E-state index is 0.121. The van der Waals surface area contributed by atoms with E-state index in [4.69, 9.17) is 0 Å². The number of hydrogen-bond acceptors (Lipinski definition) is 1. The van der Waals surface area contributed by atoms with Crippen LogP contribution in [-0.2, 0) is 23.1 Å². The van der Waals surface area contributed by atoms with Gasteiger partial charge in [-0.15, -0.1) is 0 Å². The third-order valence-electron chi connectivity index (χ3n) is 3.68. The predicted molar refractivity (Wildman–Crippen MR) is 88.7 cm³/mol. The minimum atomic E-state index is 0.121. The van der Waals surface area contributed by atoms with E-state index in [2.05, 4.69) is 58.0 Å². The van der Waals surface area contributed by atoms with E-state index < -0.39 is 0 Å². The summed E-state index contributed by atoms with van der Waals surface area (Å²) in [5.74, 6) is 0.270. The first-order chi connectivity index (χ1) is 9.84. The Labute approximate surface area is 128 Å². The van der Waals surface area contributed by atoms with Gasteiger partial charge in [-0.25, -0.2) is 0 Å². The van der Waals surface area contributed by atoms with Gasteiger partial charge in [-0.05, 0) is 29.0 Å². The van der Waals surface area contributed by atoms with E-state index in [9.17, 15) is 4.79 Å². The van der Waals surface area contributed by atoms with E-state index in [-0.39, 0.29) is 11.2 Å². The largest absolute Gasteiger partial charge is 0.299 e. The van der Waals surface area contributed by atoms with Crippen LogP contribution in [0.25, 0.3) is 0 Å². The molecular weight excluding hydrogens is 256 g/mol. The van der Waals surface area contributed by atoms with E-state index >= 15 is 0 Å². The van der Waals surface area contributed by atoms with Gasteiger partial charge in [-0.3, -0.25) is 4.79 Å². The molecule has 110 valence electrons. The number of hydrogen-bond donors (Lipinski definition) is 0. The van der Waals surface area contributed by atoms with E-state index in [0.717, 1.165) is 11.1 Å². The van der Waals surface area contributed by atoms with Gasteiger partial charge < -0.3 is 0 Å². The second-order valence-corrected chi connectivity index (χ2v) is 6.83. The molecule has 0 spiro atoms. The summed E-state index contributed by atoms with van der Waals surface area (Å²) in [6.45, 7) is 8.64. The van der Waals surface area contributed by atoms with E-state index in [1.165, 1.54) is 11.1 Å². The lowest BCUT2D eigenvalue weighted by Gasteiger charge is -2.19. The second kappa shape index (κ2) is 6.26. The van der Waals surface area contributed by atoms with E-state index in [1.54, 1.807) is 0 Å². The summed E-state index contributed by atoms with van der Waals surface area (Å²) in [6, 6.07) is 16.6. The third kappa shape index (κ3) is 4.56. The lowest BCUT2D eigenvalue weighted by atomic mass is 9.85. The monoisotopic (exact) mass is 280 g/mol. The fraction of sp³-hybridized carbons (Fsp3) is 0.350.